The molecular formula is C13H11ClN2O3. The highest BCUT2D eigenvalue weighted by Gasteiger charge is 2.07. The molecule has 2 N–H and O–H groups in total. The molecule has 6 heteroatoms. The van der Waals surface area contributed by atoms with Crippen molar-refractivity contribution in [3.8, 4) is 5.75 Å². The third kappa shape index (κ3) is 3.14. The van der Waals surface area contributed by atoms with Crippen molar-refractivity contribution in [1.82, 2.24) is 4.98 Å². The Kier molecular flexibility index (Phi) is 3.87. The van der Waals surface area contributed by atoms with Crippen LogP contribution in [0.2, 0.25) is 5.02 Å². The molecule has 0 spiro atoms. The van der Waals surface area contributed by atoms with Crippen LogP contribution in [-0.2, 0) is 0 Å². The number of aromatic carboxylic acids is 1. The van der Waals surface area contributed by atoms with E-state index in [0.717, 1.165) is 0 Å². The van der Waals surface area contributed by atoms with Gasteiger partial charge in [0.2, 0.25) is 0 Å². The average molecular weight is 279 g/mol. The monoisotopic (exact) mass is 278 g/mol. The SMILES string of the molecule is COc1ccc(Cl)cc1Nc1cc(C(=O)O)ccn1. The molecule has 98 valence electrons. The standard InChI is InChI=1S/C13H11ClN2O3/c1-19-11-3-2-9(14)7-10(11)16-12-6-8(13(17)18)4-5-15-12/h2-7H,1H3,(H,15,16)(H,17,18). The van der Waals surface area contributed by atoms with Gasteiger partial charge in [0.25, 0.3) is 0 Å². The molecule has 0 amide bonds. The summed E-state index contributed by atoms with van der Waals surface area (Å²) in [7, 11) is 1.54. The molecule has 1 aromatic carbocycles. The molecule has 0 aliphatic rings. The number of methoxy groups -OCH3 is 1. The van der Waals surface area contributed by atoms with E-state index in [9.17, 15) is 4.79 Å². The number of carboxylic acid groups (broad SMARTS) is 1. The van der Waals surface area contributed by atoms with E-state index in [2.05, 4.69) is 10.3 Å². The Bertz CT molecular complexity index is 617. The minimum atomic E-state index is -1.01. The Balaban J connectivity index is 2.33. The van der Waals surface area contributed by atoms with Crippen molar-refractivity contribution in [1.29, 1.82) is 0 Å². The number of hydrogen-bond acceptors (Lipinski definition) is 4. The van der Waals surface area contributed by atoms with Gasteiger partial charge < -0.3 is 15.2 Å². The van der Waals surface area contributed by atoms with Gasteiger partial charge in [0.15, 0.2) is 0 Å². The molecule has 5 nitrogen and oxygen atoms in total. The number of nitrogens with zero attached hydrogens (tertiary/aromatic N) is 1. The lowest BCUT2D eigenvalue weighted by Gasteiger charge is -2.11. The van der Waals surface area contributed by atoms with Crippen molar-refractivity contribution < 1.29 is 14.6 Å². The normalized spacial score (nSPS) is 10.0. The minimum absolute atomic E-state index is 0.151. The highest BCUT2D eigenvalue weighted by molar-refractivity contribution is 6.31. The van der Waals surface area contributed by atoms with Crippen molar-refractivity contribution in [3.63, 3.8) is 0 Å². The molecule has 0 unspecified atom stereocenters. The van der Waals surface area contributed by atoms with Crippen molar-refractivity contribution in [2.24, 2.45) is 0 Å². The van der Waals surface area contributed by atoms with Crippen LogP contribution in [0.1, 0.15) is 10.4 Å². The topological polar surface area (TPSA) is 71.5 Å². The van der Waals surface area contributed by atoms with Gasteiger partial charge in [0.1, 0.15) is 11.6 Å². The summed E-state index contributed by atoms with van der Waals surface area (Å²) in [6.07, 6.45) is 1.42. The Labute approximate surface area is 114 Å². The second kappa shape index (κ2) is 5.58. The van der Waals surface area contributed by atoms with Crippen LogP contribution in [0.3, 0.4) is 0 Å². The number of anilines is 2. The van der Waals surface area contributed by atoms with E-state index in [1.165, 1.54) is 25.4 Å². The Hall–Kier alpha value is -2.27. The molecule has 19 heavy (non-hydrogen) atoms. The van der Waals surface area contributed by atoms with E-state index >= 15 is 0 Å². The maximum Gasteiger partial charge on any atom is 0.335 e. The smallest absolute Gasteiger partial charge is 0.335 e. The fourth-order valence-electron chi connectivity index (χ4n) is 1.55. The van der Waals surface area contributed by atoms with E-state index in [-0.39, 0.29) is 5.56 Å². The summed E-state index contributed by atoms with van der Waals surface area (Å²) >= 11 is 5.91. The molecule has 0 radical (unpaired) electrons. The van der Waals surface area contributed by atoms with Gasteiger partial charge in [-0.15, -0.1) is 0 Å². The first-order valence-electron chi connectivity index (χ1n) is 5.40. The maximum atomic E-state index is 10.9. The summed E-state index contributed by atoms with van der Waals surface area (Å²) in [6, 6.07) is 7.94. The van der Waals surface area contributed by atoms with Gasteiger partial charge in [-0.1, -0.05) is 11.6 Å². The molecule has 0 aliphatic carbocycles. The molecule has 0 atom stereocenters. The third-order valence-electron chi connectivity index (χ3n) is 2.43. The van der Waals surface area contributed by atoms with Crippen LogP contribution in [0.4, 0.5) is 11.5 Å². The van der Waals surface area contributed by atoms with Crippen molar-refractivity contribution in [2.45, 2.75) is 0 Å². The number of halogens is 1. The van der Waals surface area contributed by atoms with E-state index < -0.39 is 5.97 Å². The molecule has 1 aromatic heterocycles. The van der Waals surface area contributed by atoms with Gasteiger partial charge in [-0.05, 0) is 30.3 Å². The minimum Gasteiger partial charge on any atom is -0.495 e. The number of pyridine rings is 1. The molecule has 2 aromatic rings. The average Bonchev–Trinajstić information content (AvgIpc) is 2.39. The van der Waals surface area contributed by atoms with Gasteiger partial charge in [-0.2, -0.15) is 0 Å². The third-order valence-corrected chi connectivity index (χ3v) is 2.67. The lowest BCUT2D eigenvalue weighted by molar-refractivity contribution is 0.0697. The summed E-state index contributed by atoms with van der Waals surface area (Å²) in [5.74, 6) is -0.0177. The Morgan fingerprint density at radius 3 is 2.84 bits per heavy atom. The molecule has 0 saturated carbocycles. The molecule has 0 aliphatic heterocycles. The summed E-state index contributed by atoms with van der Waals surface area (Å²) in [4.78, 5) is 14.9. The highest BCUT2D eigenvalue weighted by atomic mass is 35.5. The number of rotatable bonds is 4. The van der Waals surface area contributed by atoms with Crippen molar-refractivity contribution in [2.75, 3.05) is 12.4 Å². The predicted octanol–water partition coefficient (Wildman–Crippen LogP) is 3.19. The van der Waals surface area contributed by atoms with E-state index in [0.29, 0.717) is 22.3 Å². The Morgan fingerprint density at radius 1 is 1.37 bits per heavy atom. The van der Waals surface area contributed by atoms with Crippen molar-refractivity contribution in [3.05, 3.63) is 47.1 Å². The zero-order valence-electron chi connectivity index (χ0n) is 10.1. The summed E-state index contributed by atoms with van der Waals surface area (Å²) < 4.78 is 5.18. The summed E-state index contributed by atoms with van der Waals surface area (Å²) in [5.41, 5.74) is 0.767. The van der Waals surface area contributed by atoms with Gasteiger partial charge in [0.05, 0.1) is 18.4 Å². The first kappa shape index (κ1) is 13.2. The van der Waals surface area contributed by atoms with Gasteiger partial charge in [-0.3, -0.25) is 0 Å². The molecule has 0 bridgehead atoms. The molecular weight excluding hydrogens is 268 g/mol. The van der Waals surface area contributed by atoms with Gasteiger partial charge in [0, 0.05) is 11.2 Å². The van der Waals surface area contributed by atoms with Gasteiger partial charge in [-0.25, -0.2) is 9.78 Å². The zero-order valence-corrected chi connectivity index (χ0v) is 10.8. The fourth-order valence-corrected chi connectivity index (χ4v) is 1.72. The number of aromatic nitrogens is 1. The second-order valence-corrected chi connectivity index (χ2v) is 4.14. The molecule has 1 heterocycles. The largest absolute Gasteiger partial charge is 0.495 e. The lowest BCUT2D eigenvalue weighted by Crippen LogP contribution is -2.00. The highest BCUT2D eigenvalue weighted by Crippen LogP contribution is 2.29. The maximum absolute atomic E-state index is 10.9. The molecule has 2 rings (SSSR count). The predicted molar refractivity (Wildman–Crippen MR) is 72.5 cm³/mol. The second-order valence-electron chi connectivity index (χ2n) is 3.70. The van der Waals surface area contributed by atoms with Crippen molar-refractivity contribution >= 4 is 29.1 Å². The van der Waals surface area contributed by atoms with E-state index in [1.807, 2.05) is 0 Å². The van der Waals surface area contributed by atoms with Crippen LogP contribution >= 0.6 is 11.6 Å². The number of carbonyl (C=O) groups is 1. The lowest BCUT2D eigenvalue weighted by atomic mass is 10.2. The summed E-state index contributed by atoms with van der Waals surface area (Å²) in [6.45, 7) is 0. The first-order chi connectivity index (χ1) is 9.10. The van der Waals surface area contributed by atoms with E-state index in [4.69, 9.17) is 21.4 Å². The number of hydrogen-bond donors (Lipinski definition) is 2. The Morgan fingerprint density at radius 2 is 2.16 bits per heavy atom. The van der Waals surface area contributed by atoms with Crippen LogP contribution in [0.15, 0.2) is 36.5 Å². The number of benzene rings is 1. The van der Waals surface area contributed by atoms with E-state index in [1.54, 1.807) is 18.2 Å². The van der Waals surface area contributed by atoms with Crippen LogP contribution in [0, 0.1) is 0 Å². The van der Waals surface area contributed by atoms with Crippen LogP contribution in [-0.4, -0.2) is 23.2 Å². The van der Waals surface area contributed by atoms with Gasteiger partial charge >= 0.3 is 5.97 Å². The molecule has 0 fully saturated rings. The number of carboxylic acids is 1. The number of nitrogens with one attached hydrogen (secondary N) is 1. The quantitative estimate of drug-likeness (QED) is 0.899. The molecule has 0 saturated heterocycles. The van der Waals surface area contributed by atoms with Crippen LogP contribution in [0.25, 0.3) is 0 Å². The summed E-state index contributed by atoms with van der Waals surface area (Å²) in [5, 5.41) is 12.4. The number of ether oxygens (including phenoxy) is 1. The van der Waals surface area contributed by atoms with Crippen LogP contribution in [0.5, 0.6) is 5.75 Å². The van der Waals surface area contributed by atoms with Crippen LogP contribution < -0.4 is 10.1 Å². The fraction of sp³-hybridized carbons (Fsp3) is 0.0769. The zero-order chi connectivity index (χ0) is 13.8. The first-order valence-corrected chi connectivity index (χ1v) is 5.78.